The van der Waals surface area contributed by atoms with Crippen LogP contribution in [0, 0.1) is 0 Å². The van der Waals surface area contributed by atoms with Gasteiger partial charge in [0, 0.05) is 13.1 Å². The summed E-state index contributed by atoms with van der Waals surface area (Å²) in [7, 11) is 0. The van der Waals surface area contributed by atoms with E-state index in [1.54, 1.807) is 0 Å². The molecule has 0 aromatic heterocycles. The standard InChI is InChI=1S/C9H18N2O/c1-9(2,10)8(12)11-6-4-3-5-7-11/h3-7,10H2,1-2H3/p+1. The molecule has 0 atom stereocenters. The van der Waals surface area contributed by atoms with Gasteiger partial charge in [0.1, 0.15) is 0 Å². The molecule has 3 nitrogen and oxygen atoms in total. The van der Waals surface area contributed by atoms with Crippen molar-refractivity contribution in [2.24, 2.45) is 0 Å². The van der Waals surface area contributed by atoms with Gasteiger partial charge in [0.05, 0.1) is 0 Å². The molecule has 1 amide bonds. The van der Waals surface area contributed by atoms with E-state index in [1.807, 2.05) is 18.7 Å². The van der Waals surface area contributed by atoms with Crippen molar-refractivity contribution in [3.05, 3.63) is 0 Å². The van der Waals surface area contributed by atoms with Gasteiger partial charge in [-0.2, -0.15) is 0 Å². The summed E-state index contributed by atoms with van der Waals surface area (Å²) in [6, 6.07) is 0. The third kappa shape index (κ3) is 2.21. The number of piperidine rings is 1. The van der Waals surface area contributed by atoms with Crippen LogP contribution in [0.1, 0.15) is 33.1 Å². The fourth-order valence-corrected chi connectivity index (χ4v) is 1.53. The van der Waals surface area contributed by atoms with E-state index in [-0.39, 0.29) is 5.91 Å². The third-order valence-electron chi connectivity index (χ3n) is 2.22. The number of hydrogen-bond acceptors (Lipinski definition) is 1. The summed E-state index contributed by atoms with van der Waals surface area (Å²) in [6.07, 6.45) is 3.57. The summed E-state index contributed by atoms with van der Waals surface area (Å²) in [6.45, 7) is 5.61. The van der Waals surface area contributed by atoms with Gasteiger partial charge < -0.3 is 10.6 Å². The van der Waals surface area contributed by atoms with Gasteiger partial charge in [0.2, 0.25) is 0 Å². The van der Waals surface area contributed by atoms with E-state index in [2.05, 4.69) is 5.73 Å². The van der Waals surface area contributed by atoms with Crippen LogP contribution in [0.15, 0.2) is 0 Å². The van der Waals surface area contributed by atoms with Gasteiger partial charge in [-0.15, -0.1) is 0 Å². The van der Waals surface area contributed by atoms with Gasteiger partial charge in [-0.1, -0.05) is 0 Å². The van der Waals surface area contributed by atoms with Gasteiger partial charge in [0.15, 0.2) is 5.54 Å². The summed E-state index contributed by atoms with van der Waals surface area (Å²) in [5.41, 5.74) is 3.41. The molecule has 1 saturated heterocycles. The Morgan fingerprint density at radius 1 is 1.25 bits per heavy atom. The molecule has 0 spiro atoms. The molecule has 1 fully saturated rings. The van der Waals surface area contributed by atoms with Crippen LogP contribution in [0.3, 0.4) is 0 Å². The predicted molar refractivity (Wildman–Crippen MR) is 47.4 cm³/mol. The van der Waals surface area contributed by atoms with E-state index in [0.717, 1.165) is 25.9 Å². The molecule has 0 aromatic rings. The summed E-state index contributed by atoms with van der Waals surface area (Å²) in [5, 5.41) is 0. The number of quaternary nitrogens is 1. The quantitative estimate of drug-likeness (QED) is 0.594. The largest absolute Gasteiger partial charge is 0.345 e. The average molecular weight is 171 g/mol. The lowest BCUT2D eigenvalue weighted by Crippen LogP contribution is -2.75. The number of amides is 1. The molecule has 0 saturated carbocycles. The van der Waals surface area contributed by atoms with Gasteiger partial charge in [-0.05, 0) is 33.1 Å². The zero-order valence-corrected chi connectivity index (χ0v) is 8.10. The number of hydrogen-bond donors (Lipinski definition) is 1. The number of likely N-dealkylation sites (tertiary alicyclic amines) is 1. The molecule has 0 aromatic carbocycles. The lowest BCUT2D eigenvalue weighted by molar-refractivity contribution is -0.448. The van der Waals surface area contributed by atoms with Crippen LogP contribution in [0.4, 0.5) is 0 Å². The van der Waals surface area contributed by atoms with Crippen LogP contribution in [0.2, 0.25) is 0 Å². The summed E-state index contributed by atoms with van der Waals surface area (Å²) < 4.78 is 0. The van der Waals surface area contributed by atoms with E-state index < -0.39 is 5.54 Å². The maximum atomic E-state index is 11.7. The second kappa shape index (κ2) is 3.44. The number of carbonyl (C=O) groups excluding carboxylic acids is 1. The Balaban J connectivity index is 2.51. The molecular formula is C9H19N2O+. The van der Waals surface area contributed by atoms with Gasteiger partial charge in [0.25, 0.3) is 5.91 Å². The molecule has 0 radical (unpaired) electrons. The molecule has 12 heavy (non-hydrogen) atoms. The minimum absolute atomic E-state index is 0.196. The van der Waals surface area contributed by atoms with Gasteiger partial charge >= 0.3 is 0 Å². The van der Waals surface area contributed by atoms with E-state index in [9.17, 15) is 4.79 Å². The van der Waals surface area contributed by atoms with Crippen molar-refractivity contribution in [3.8, 4) is 0 Å². The lowest BCUT2D eigenvalue weighted by Gasteiger charge is -2.30. The molecule has 3 heteroatoms. The van der Waals surface area contributed by atoms with Crippen molar-refractivity contribution in [3.63, 3.8) is 0 Å². The molecule has 70 valence electrons. The number of carbonyl (C=O) groups is 1. The van der Waals surface area contributed by atoms with Gasteiger partial charge in [-0.3, -0.25) is 4.79 Å². The van der Waals surface area contributed by atoms with Crippen molar-refractivity contribution in [1.82, 2.24) is 4.90 Å². The fourth-order valence-electron chi connectivity index (χ4n) is 1.53. The molecule has 3 N–H and O–H groups in total. The highest BCUT2D eigenvalue weighted by Gasteiger charge is 2.31. The van der Waals surface area contributed by atoms with Crippen molar-refractivity contribution >= 4 is 5.91 Å². The second-order valence-electron chi connectivity index (χ2n) is 4.24. The topological polar surface area (TPSA) is 48.0 Å². The highest BCUT2D eigenvalue weighted by Crippen LogP contribution is 2.11. The maximum Gasteiger partial charge on any atom is 0.283 e. The minimum Gasteiger partial charge on any atom is -0.345 e. The Morgan fingerprint density at radius 2 is 1.75 bits per heavy atom. The maximum absolute atomic E-state index is 11.7. The molecule has 1 aliphatic rings. The summed E-state index contributed by atoms with van der Waals surface area (Å²) in [5.74, 6) is 0.196. The lowest BCUT2D eigenvalue weighted by atomic mass is 10.0. The highest BCUT2D eigenvalue weighted by molar-refractivity contribution is 5.83. The Kier molecular flexibility index (Phi) is 2.73. The Hall–Kier alpha value is -0.570. The zero-order chi connectivity index (χ0) is 9.19. The normalized spacial score (nSPS) is 19.4. The highest BCUT2D eigenvalue weighted by atomic mass is 16.2. The van der Waals surface area contributed by atoms with Crippen LogP contribution in [-0.4, -0.2) is 29.4 Å². The van der Waals surface area contributed by atoms with Crippen LogP contribution in [0.25, 0.3) is 0 Å². The van der Waals surface area contributed by atoms with Crippen LogP contribution in [-0.2, 0) is 4.79 Å². The van der Waals surface area contributed by atoms with E-state index in [0.29, 0.717) is 0 Å². The molecule has 0 unspecified atom stereocenters. The van der Waals surface area contributed by atoms with Crippen LogP contribution in [0.5, 0.6) is 0 Å². The van der Waals surface area contributed by atoms with Crippen molar-refractivity contribution < 1.29 is 10.5 Å². The average Bonchev–Trinajstić information content (AvgIpc) is 2.03. The second-order valence-corrected chi connectivity index (χ2v) is 4.24. The molecule has 1 aliphatic heterocycles. The van der Waals surface area contributed by atoms with Gasteiger partial charge in [-0.25, -0.2) is 0 Å². The van der Waals surface area contributed by atoms with Crippen molar-refractivity contribution in [1.29, 1.82) is 0 Å². The van der Waals surface area contributed by atoms with Crippen molar-refractivity contribution in [2.75, 3.05) is 13.1 Å². The predicted octanol–water partition coefficient (Wildman–Crippen LogP) is 0.0194. The first kappa shape index (κ1) is 9.52. The summed E-state index contributed by atoms with van der Waals surface area (Å²) >= 11 is 0. The Bertz CT molecular complexity index is 166. The first-order valence-corrected chi connectivity index (χ1v) is 4.66. The molecular weight excluding hydrogens is 152 g/mol. The monoisotopic (exact) mass is 171 g/mol. The molecule has 1 heterocycles. The Morgan fingerprint density at radius 3 is 2.17 bits per heavy atom. The van der Waals surface area contributed by atoms with E-state index in [4.69, 9.17) is 0 Å². The molecule has 1 rings (SSSR count). The van der Waals surface area contributed by atoms with Crippen LogP contribution < -0.4 is 5.73 Å². The van der Waals surface area contributed by atoms with E-state index in [1.165, 1.54) is 6.42 Å². The molecule has 0 aliphatic carbocycles. The first-order valence-electron chi connectivity index (χ1n) is 4.66. The van der Waals surface area contributed by atoms with E-state index >= 15 is 0 Å². The summed E-state index contributed by atoms with van der Waals surface area (Å²) in [4.78, 5) is 13.6. The zero-order valence-electron chi connectivity index (χ0n) is 8.10. The first-order chi connectivity index (χ1) is 5.52. The SMILES string of the molecule is CC(C)([NH3+])C(=O)N1CCCCC1. The van der Waals surface area contributed by atoms with Crippen LogP contribution >= 0.6 is 0 Å². The number of nitrogens with zero attached hydrogens (tertiary/aromatic N) is 1. The van der Waals surface area contributed by atoms with Crippen molar-refractivity contribution in [2.45, 2.75) is 38.6 Å². The molecule has 0 bridgehead atoms. The minimum atomic E-state index is -0.447. The third-order valence-corrected chi connectivity index (χ3v) is 2.22. The fraction of sp³-hybridized carbons (Fsp3) is 0.889. The Labute approximate surface area is 73.9 Å². The smallest absolute Gasteiger partial charge is 0.283 e. The number of rotatable bonds is 1.